The van der Waals surface area contributed by atoms with Gasteiger partial charge in [0.25, 0.3) is 0 Å². The van der Waals surface area contributed by atoms with Crippen LogP contribution in [0.25, 0.3) is 0 Å². The number of pyridine rings is 1. The van der Waals surface area contributed by atoms with Crippen LogP contribution in [0.4, 0.5) is 0 Å². The Labute approximate surface area is 97.9 Å². The number of hydrogen-bond donors (Lipinski definition) is 1. The van der Waals surface area contributed by atoms with E-state index >= 15 is 0 Å². The average Bonchev–Trinajstić information content (AvgIpc) is 2.32. The lowest BCUT2D eigenvalue weighted by Crippen LogP contribution is -2.45. The normalized spacial score (nSPS) is 26.9. The monoisotopic (exact) mass is 219 g/mol. The number of aromatic nitrogens is 1. The fourth-order valence-electron chi connectivity index (χ4n) is 2.24. The molecule has 0 aromatic carbocycles. The minimum Gasteiger partial charge on any atom is -0.310 e. The van der Waals surface area contributed by atoms with Crippen molar-refractivity contribution in [1.29, 1.82) is 0 Å². The van der Waals surface area contributed by atoms with Gasteiger partial charge < -0.3 is 10.2 Å². The van der Waals surface area contributed by atoms with Crippen molar-refractivity contribution in [1.82, 2.24) is 15.2 Å². The SMILES string of the molecule is CC1CC(NCc2ccncc2)CCN1C. The minimum absolute atomic E-state index is 0.666. The van der Waals surface area contributed by atoms with Gasteiger partial charge in [-0.3, -0.25) is 4.98 Å². The van der Waals surface area contributed by atoms with Crippen molar-refractivity contribution in [3.05, 3.63) is 30.1 Å². The van der Waals surface area contributed by atoms with Crippen LogP contribution in [0.2, 0.25) is 0 Å². The molecule has 3 nitrogen and oxygen atoms in total. The molecule has 1 N–H and O–H groups in total. The van der Waals surface area contributed by atoms with E-state index in [1.165, 1.54) is 24.9 Å². The summed E-state index contributed by atoms with van der Waals surface area (Å²) in [7, 11) is 2.21. The molecule has 1 fully saturated rings. The Kier molecular flexibility index (Phi) is 3.91. The third kappa shape index (κ3) is 3.03. The molecule has 1 aromatic rings. The molecule has 2 heterocycles. The summed E-state index contributed by atoms with van der Waals surface area (Å²) < 4.78 is 0. The highest BCUT2D eigenvalue weighted by molar-refractivity contribution is 5.09. The third-order valence-corrected chi connectivity index (χ3v) is 3.55. The van der Waals surface area contributed by atoms with Gasteiger partial charge in [0.15, 0.2) is 0 Å². The maximum absolute atomic E-state index is 4.03. The van der Waals surface area contributed by atoms with Crippen molar-refractivity contribution >= 4 is 0 Å². The summed E-state index contributed by atoms with van der Waals surface area (Å²) in [5, 5.41) is 3.63. The predicted octanol–water partition coefficient (Wildman–Crippen LogP) is 1.65. The molecular weight excluding hydrogens is 198 g/mol. The van der Waals surface area contributed by atoms with Crippen molar-refractivity contribution in [2.75, 3.05) is 13.6 Å². The van der Waals surface area contributed by atoms with Gasteiger partial charge in [-0.25, -0.2) is 0 Å². The Hall–Kier alpha value is -0.930. The molecule has 0 radical (unpaired) electrons. The molecule has 88 valence electrons. The van der Waals surface area contributed by atoms with E-state index in [4.69, 9.17) is 0 Å². The molecule has 1 aromatic heterocycles. The molecule has 0 amide bonds. The molecule has 0 saturated carbocycles. The zero-order chi connectivity index (χ0) is 11.4. The van der Waals surface area contributed by atoms with Crippen molar-refractivity contribution in [3.8, 4) is 0 Å². The number of nitrogens with zero attached hydrogens (tertiary/aromatic N) is 2. The van der Waals surface area contributed by atoms with E-state index in [-0.39, 0.29) is 0 Å². The van der Waals surface area contributed by atoms with Crippen LogP contribution in [0, 0.1) is 0 Å². The van der Waals surface area contributed by atoms with Crippen LogP contribution >= 0.6 is 0 Å². The molecule has 0 bridgehead atoms. The van der Waals surface area contributed by atoms with Crippen LogP contribution in [0.15, 0.2) is 24.5 Å². The Morgan fingerprint density at radius 2 is 2.19 bits per heavy atom. The van der Waals surface area contributed by atoms with Gasteiger partial charge in [-0.15, -0.1) is 0 Å². The molecule has 2 rings (SSSR count). The quantitative estimate of drug-likeness (QED) is 0.838. The standard InChI is InChI=1S/C13H21N3/c1-11-9-13(5-8-16(11)2)15-10-12-3-6-14-7-4-12/h3-4,6-7,11,13,15H,5,8-10H2,1-2H3. The highest BCUT2D eigenvalue weighted by Crippen LogP contribution is 2.15. The van der Waals surface area contributed by atoms with Gasteiger partial charge in [0.2, 0.25) is 0 Å². The molecule has 0 spiro atoms. The van der Waals surface area contributed by atoms with Crippen LogP contribution in [0.5, 0.6) is 0 Å². The molecule has 1 aliphatic rings. The third-order valence-electron chi connectivity index (χ3n) is 3.55. The molecule has 2 unspecified atom stereocenters. The summed E-state index contributed by atoms with van der Waals surface area (Å²) in [6, 6.07) is 5.51. The molecule has 0 aliphatic carbocycles. The van der Waals surface area contributed by atoms with Gasteiger partial charge in [0.1, 0.15) is 0 Å². The number of hydrogen-bond acceptors (Lipinski definition) is 3. The summed E-state index contributed by atoms with van der Waals surface area (Å²) in [4.78, 5) is 6.46. The molecule has 3 heteroatoms. The summed E-state index contributed by atoms with van der Waals surface area (Å²) in [6.07, 6.45) is 6.22. The number of rotatable bonds is 3. The van der Waals surface area contributed by atoms with E-state index < -0.39 is 0 Å². The summed E-state index contributed by atoms with van der Waals surface area (Å²) >= 11 is 0. The van der Waals surface area contributed by atoms with E-state index in [9.17, 15) is 0 Å². The molecular formula is C13H21N3. The van der Waals surface area contributed by atoms with E-state index in [1.54, 1.807) is 0 Å². The topological polar surface area (TPSA) is 28.2 Å². The molecule has 1 aliphatic heterocycles. The van der Waals surface area contributed by atoms with Gasteiger partial charge in [0, 0.05) is 31.0 Å². The van der Waals surface area contributed by atoms with Gasteiger partial charge in [-0.1, -0.05) is 0 Å². The van der Waals surface area contributed by atoms with E-state index in [1.807, 2.05) is 12.4 Å². The van der Waals surface area contributed by atoms with Crippen LogP contribution in [-0.2, 0) is 6.54 Å². The zero-order valence-corrected chi connectivity index (χ0v) is 10.2. The van der Waals surface area contributed by atoms with Crippen molar-refractivity contribution in [3.63, 3.8) is 0 Å². The first kappa shape index (κ1) is 11.6. The molecule has 1 saturated heterocycles. The Morgan fingerprint density at radius 1 is 1.44 bits per heavy atom. The maximum atomic E-state index is 4.03. The lowest BCUT2D eigenvalue weighted by Gasteiger charge is -2.35. The zero-order valence-electron chi connectivity index (χ0n) is 10.2. The number of piperidine rings is 1. The van der Waals surface area contributed by atoms with Crippen molar-refractivity contribution in [2.45, 2.75) is 38.4 Å². The number of nitrogens with one attached hydrogen (secondary N) is 1. The van der Waals surface area contributed by atoms with Gasteiger partial charge in [0.05, 0.1) is 0 Å². The first-order valence-corrected chi connectivity index (χ1v) is 6.08. The van der Waals surface area contributed by atoms with Gasteiger partial charge >= 0.3 is 0 Å². The molecule has 2 atom stereocenters. The second kappa shape index (κ2) is 5.41. The largest absolute Gasteiger partial charge is 0.310 e. The minimum atomic E-state index is 0.666. The van der Waals surface area contributed by atoms with Crippen molar-refractivity contribution in [2.24, 2.45) is 0 Å². The lowest BCUT2D eigenvalue weighted by molar-refractivity contribution is 0.168. The van der Waals surface area contributed by atoms with Crippen molar-refractivity contribution < 1.29 is 0 Å². The first-order chi connectivity index (χ1) is 7.75. The fourth-order valence-corrected chi connectivity index (χ4v) is 2.24. The van der Waals surface area contributed by atoms with Crippen LogP contribution in [-0.4, -0.2) is 35.6 Å². The Balaban J connectivity index is 1.79. The van der Waals surface area contributed by atoms with Crippen LogP contribution in [0.1, 0.15) is 25.3 Å². The highest BCUT2D eigenvalue weighted by Gasteiger charge is 2.21. The first-order valence-electron chi connectivity index (χ1n) is 6.08. The highest BCUT2D eigenvalue weighted by atomic mass is 15.1. The fraction of sp³-hybridized carbons (Fsp3) is 0.615. The van der Waals surface area contributed by atoms with Gasteiger partial charge in [-0.2, -0.15) is 0 Å². The average molecular weight is 219 g/mol. The summed E-state index contributed by atoms with van der Waals surface area (Å²) in [5.74, 6) is 0. The number of likely N-dealkylation sites (tertiary alicyclic amines) is 1. The van der Waals surface area contributed by atoms with E-state index in [2.05, 4.69) is 41.3 Å². The maximum Gasteiger partial charge on any atom is 0.0271 e. The molecule has 16 heavy (non-hydrogen) atoms. The van der Waals surface area contributed by atoms with Crippen LogP contribution < -0.4 is 5.32 Å². The Bertz CT molecular complexity index is 312. The summed E-state index contributed by atoms with van der Waals surface area (Å²) in [5.41, 5.74) is 1.32. The second-order valence-corrected chi connectivity index (χ2v) is 4.79. The lowest BCUT2D eigenvalue weighted by atomic mass is 9.99. The smallest absolute Gasteiger partial charge is 0.0271 e. The summed E-state index contributed by atoms with van der Waals surface area (Å²) in [6.45, 7) is 4.47. The Morgan fingerprint density at radius 3 is 2.88 bits per heavy atom. The second-order valence-electron chi connectivity index (χ2n) is 4.79. The van der Waals surface area contributed by atoms with E-state index in [0.29, 0.717) is 12.1 Å². The van der Waals surface area contributed by atoms with E-state index in [0.717, 1.165) is 6.54 Å². The van der Waals surface area contributed by atoms with Gasteiger partial charge in [-0.05, 0) is 51.1 Å². The predicted molar refractivity (Wildman–Crippen MR) is 66.2 cm³/mol. The van der Waals surface area contributed by atoms with Crippen LogP contribution in [0.3, 0.4) is 0 Å².